The number of carbonyl (C=O) groups excluding carboxylic acids is 1. The Morgan fingerprint density at radius 3 is 1.93 bits per heavy atom. The summed E-state index contributed by atoms with van der Waals surface area (Å²) in [7, 11) is 4.27. The molecule has 0 saturated heterocycles. The van der Waals surface area contributed by atoms with Crippen LogP contribution < -0.4 is 5.32 Å². The molecule has 0 unspecified atom stereocenters. The molecule has 7 nitrogen and oxygen atoms in total. The van der Waals surface area contributed by atoms with Gasteiger partial charge in [0.1, 0.15) is 0 Å². The third-order valence-electron chi connectivity index (χ3n) is 4.15. The number of amides is 1. The van der Waals surface area contributed by atoms with E-state index in [1.165, 1.54) is 6.92 Å². The predicted octanol–water partition coefficient (Wildman–Crippen LogP) is 1.85. The van der Waals surface area contributed by atoms with Crippen molar-refractivity contribution in [2.75, 3.05) is 59.7 Å². The molecule has 0 aliphatic carbocycles. The largest absolute Gasteiger partial charge is 0.326 e. The predicted molar refractivity (Wildman–Crippen MR) is 111 cm³/mol. The van der Waals surface area contributed by atoms with Crippen LogP contribution in [0, 0.1) is 6.92 Å². The Balaban J connectivity index is 3.10. The number of aryl methyl sites for hydroxylation is 1. The first-order valence-electron chi connectivity index (χ1n) is 9.22. The van der Waals surface area contributed by atoms with Crippen molar-refractivity contribution in [1.29, 1.82) is 0 Å². The molecule has 0 fully saturated rings. The summed E-state index contributed by atoms with van der Waals surface area (Å²) < 4.78 is 28.2. The van der Waals surface area contributed by atoms with E-state index in [1.54, 1.807) is 29.4 Å². The van der Waals surface area contributed by atoms with Gasteiger partial charge in [0.2, 0.25) is 15.9 Å². The lowest BCUT2D eigenvalue weighted by molar-refractivity contribution is -0.114. The fourth-order valence-corrected chi connectivity index (χ4v) is 4.54. The van der Waals surface area contributed by atoms with Crippen LogP contribution in [0.15, 0.2) is 23.1 Å². The summed E-state index contributed by atoms with van der Waals surface area (Å²) in [6.07, 6.45) is 1.53. The second-order valence-corrected chi connectivity index (χ2v) is 9.29. The van der Waals surface area contributed by atoms with Gasteiger partial charge in [-0.15, -0.1) is 0 Å². The molecule has 0 aliphatic rings. The van der Waals surface area contributed by atoms with Crippen LogP contribution in [0.3, 0.4) is 0 Å². The molecule has 0 radical (unpaired) electrons. The summed E-state index contributed by atoms with van der Waals surface area (Å²) in [5.41, 5.74) is 1.17. The zero-order valence-electron chi connectivity index (χ0n) is 17.4. The Kier molecular flexibility index (Phi) is 9.38. The molecule has 0 spiro atoms. The van der Waals surface area contributed by atoms with Crippen molar-refractivity contribution >= 4 is 21.6 Å². The highest BCUT2D eigenvalue weighted by atomic mass is 32.2. The van der Waals surface area contributed by atoms with E-state index in [4.69, 9.17) is 0 Å². The lowest BCUT2D eigenvalue weighted by atomic mass is 10.2. The monoisotopic (exact) mass is 398 g/mol. The van der Waals surface area contributed by atoms with Crippen LogP contribution in [0.4, 0.5) is 5.69 Å². The van der Waals surface area contributed by atoms with Crippen LogP contribution in [-0.4, -0.2) is 82.8 Å². The van der Waals surface area contributed by atoms with Gasteiger partial charge in [0.15, 0.2) is 0 Å². The first kappa shape index (κ1) is 23.6. The summed E-state index contributed by atoms with van der Waals surface area (Å²) in [4.78, 5) is 15.7. The minimum atomic E-state index is -3.64. The first-order valence-corrected chi connectivity index (χ1v) is 10.7. The minimum Gasteiger partial charge on any atom is -0.326 e. The van der Waals surface area contributed by atoms with Crippen LogP contribution in [-0.2, 0) is 14.8 Å². The average molecular weight is 399 g/mol. The molecule has 0 bridgehead atoms. The minimum absolute atomic E-state index is 0.226. The van der Waals surface area contributed by atoms with Crippen LogP contribution in [0.5, 0.6) is 0 Å². The van der Waals surface area contributed by atoms with Crippen LogP contribution >= 0.6 is 0 Å². The maximum atomic E-state index is 13.3. The summed E-state index contributed by atoms with van der Waals surface area (Å²) in [6, 6.07) is 5.01. The number of benzene rings is 1. The zero-order chi connectivity index (χ0) is 20.6. The maximum Gasteiger partial charge on any atom is 0.243 e. The van der Waals surface area contributed by atoms with Gasteiger partial charge in [0.05, 0.1) is 4.90 Å². The summed E-state index contributed by atoms with van der Waals surface area (Å²) in [5.74, 6) is -0.226. The van der Waals surface area contributed by atoms with Crippen molar-refractivity contribution in [3.63, 3.8) is 0 Å². The Morgan fingerprint density at radius 2 is 1.48 bits per heavy atom. The number of carbonyl (C=O) groups is 1. The van der Waals surface area contributed by atoms with Crippen molar-refractivity contribution in [1.82, 2.24) is 14.1 Å². The van der Waals surface area contributed by atoms with Gasteiger partial charge in [-0.2, -0.15) is 4.31 Å². The molecule has 1 amide bonds. The van der Waals surface area contributed by atoms with Gasteiger partial charge in [-0.3, -0.25) is 4.79 Å². The number of anilines is 1. The number of hydrogen-bond donors (Lipinski definition) is 1. The molecule has 0 heterocycles. The Morgan fingerprint density at radius 1 is 0.963 bits per heavy atom. The number of nitrogens with zero attached hydrogens (tertiary/aromatic N) is 3. The molecule has 0 atom stereocenters. The SMILES string of the molecule is CC(=O)Nc1ccc(C)c(S(=O)(=O)N(CCCN(C)C)CCCN(C)C)c1. The highest BCUT2D eigenvalue weighted by Crippen LogP contribution is 2.24. The van der Waals surface area contributed by atoms with E-state index in [1.807, 2.05) is 38.0 Å². The summed E-state index contributed by atoms with van der Waals surface area (Å²) in [5, 5.41) is 2.66. The lowest BCUT2D eigenvalue weighted by Crippen LogP contribution is -2.36. The molecular formula is C19H34N4O3S. The second-order valence-electron chi connectivity index (χ2n) is 7.38. The molecule has 27 heavy (non-hydrogen) atoms. The molecule has 1 rings (SSSR count). The summed E-state index contributed by atoms with van der Waals surface area (Å²) in [6.45, 7) is 5.77. The standard InChI is InChI=1S/C19H34N4O3S/c1-16-9-10-18(20-17(2)24)15-19(16)27(25,26)23(13-7-11-21(3)4)14-8-12-22(5)6/h9-10,15H,7-8,11-14H2,1-6H3,(H,20,24). The topological polar surface area (TPSA) is 73.0 Å². The third kappa shape index (κ3) is 7.96. The maximum absolute atomic E-state index is 13.3. The molecular weight excluding hydrogens is 364 g/mol. The Hall–Kier alpha value is -1.48. The first-order chi connectivity index (χ1) is 12.5. The van der Waals surface area contributed by atoms with Crippen molar-refractivity contribution in [2.24, 2.45) is 0 Å². The lowest BCUT2D eigenvalue weighted by Gasteiger charge is -2.25. The molecule has 154 valence electrons. The number of sulfonamides is 1. The average Bonchev–Trinajstić information content (AvgIpc) is 2.54. The van der Waals surface area contributed by atoms with E-state index < -0.39 is 10.0 Å². The van der Waals surface area contributed by atoms with E-state index >= 15 is 0 Å². The van der Waals surface area contributed by atoms with E-state index in [0.717, 1.165) is 25.9 Å². The van der Waals surface area contributed by atoms with E-state index in [0.29, 0.717) is 24.3 Å². The van der Waals surface area contributed by atoms with Gasteiger partial charge in [-0.25, -0.2) is 8.42 Å². The van der Waals surface area contributed by atoms with Gasteiger partial charge in [0.25, 0.3) is 0 Å². The molecule has 1 N–H and O–H groups in total. The quantitative estimate of drug-likeness (QED) is 0.616. The molecule has 8 heteroatoms. The number of rotatable bonds is 11. The smallest absolute Gasteiger partial charge is 0.243 e. The van der Waals surface area contributed by atoms with Crippen molar-refractivity contribution in [3.05, 3.63) is 23.8 Å². The number of nitrogens with one attached hydrogen (secondary N) is 1. The molecule has 1 aromatic carbocycles. The Bertz CT molecular complexity index is 704. The normalized spacial score (nSPS) is 12.2. The molecule has 1 aromatic rings. The van der Waals surface area contributed by atoms with Gasteiger partial charge in [-0.05, 0) is 78.7 Å². The number of hydrogen-bond acceptors (Lipinski definition) is 5. The van der Waals surface area contributed by atoms with Gasteiger partial charge in [0, 0.05) is 25.7 Å². The molecule has 0 aromatic heterocycles. The highest BCUT2D eigenvalue weighted by Gasteiger charge is 2.26. The zero-order valence-corrected chi connectivity index (χ0v) is 18.3. The van der Waals surface area contributed by atoms with Gasteiger partial charge < -0.3 is 15.1 Å². The van der Waals surface area contributed by atoms with Crippen molar-refractivity contribution in [3.8, 4) is 0 Å². The van der Waals surface area contributed by atoms with Crippen LogP contribution in [0.2, 0.25) is 0 Å². The molecule has 0 aliphatic heterocycles. The van der Waals surface area contributed by atoms with Crippen LogP contribution in [0.1, 0.15) is 25.3 Å². The third-order valence-corrected chi connectivity index (χ3v) is 6.19. The fourth-order valence-electron chi connectivity index (χ4n) is 2.78. The van der Waals surface area contributed by atoms with Gasteiger partial charge in [-0.1, -0.05) is 6.07 Å². The van der Waals surface area contributed by atoms with E-state index in [9.17, 15) is 13.2 Å². The Labute approximate surface area is 164 Å². The fraction of sp³-hybridized carbons (Fsp3) is 0.632. The van der Waals surface area contributed by atoms with E-state index in [2.05, 4.69) is 5.32 Å². The summed E-state index contributed by atoms with van der Waals surface area (Å²) >= 11 is 0. The van der Waals surface area contributed by atoms with Crippen molar-refractivity contribution in [2.45, 2.75) is 31.6 Å². The van der Waals surface area contributed by atoms with Crippen LogP contribution in [0.25, 0.3) is 0 Å². The van der Waals surface area contributed by atoms with Crippen molar-refractivity contribution < 1.29 is 13.2 Å². The highest BCUT2D eigenvalue weighted by molar-refractivity contribution is 7.89. The second kappa shape index (κ2) is 10.8. The molecule has 0 saturated carbocycles. The van der Waals surface area contributed by atoms with Gasteiger partial charge >= 0.3 is 0 Å². The van der Waals surface area contributed by atoms with E-state index in [-0.39, 0.29) is 10.8 Å².